The highest BCUT2D eigenvalue weighted by Crippen LogP contribution is 2.30. The van der Waals surface area contributed by atoms with Crippen LogP contribution in [0.1, 0.15) is 12.0 Å². The second kappa shape index (κ2) is 4.80. The summed E-state index contributed by atoms with van der Waals surface area (Å²) < 4.78 is 0. The molecule has 0 aromatic heterocycles. The Morgan fingerprint density at radius 3 is 3.00 bits per heavy atom. The van der Waals surface area contributed by atoms with Crippen molar-refractivity contribution in [3.63, 3.8) is 0 Å². The molecule has 0 spiro atoms. The molecule has 5 heteroatoms. The van der Waals surface area contributed by atoms with Crippen LogP contribution in [-0.4, -0.2) is 28.9 Å². The first-order chi connectivity index (χ1) is 8.16. The van der Waals surface area contributed by atoms with Crippen molar-refractivity contribution in [2.45, 2.75) is 6.42 Å². The van der Waals surface area contributed by atoms with E-state index in [9.17, 15) is 10.0 Å². The summed E-state index contributed by atoms with van der Waals surface area (Å²) in [4.78, 5) is 14.8. The van der Waals surface area contributed by atoms with E-state index in [1.165, 1.54) is 6.20 Å². The maximum atomic E-state index is 10.6. The van der Waals surface area contributed by atoms with E-state index in [-0.39, 0.29) is 13.0 Å². The summed E-state index contributed by atoms with van der Waals surface area (Å²) in [6, 6.07) is 7.64. The van der Waals surface area contributed by atoms with Gasteiger partial charge in [0.05, 0.1) is 12.2 Å². The molecule has 0 saturated heterocycles. The number of carbonyl (C=O) groups excluding carboxylic acids is 1. The summed E-state index contributed by atoms with van der Waals surface area (Å²) in [5.41, 5.74) is 7.65. The lowest BCUT2D eigenvalue weighted by Crippen LogP contribution is -2.21. The zero-order valence-corrected chi connectivity index (χ0v) is 9.21. The zero-order valence-electron chi connectivity index (χ0n) is 9.21. The summed E-state index contributed by atoms with van der Waals surface area (Å²) in [6.45, 7) is 0.175. The van der Waals surface area contributed by atoms with Gasteiger partial charge in [-0.15, -0.1) is 0 Å². The molecule has 1 aliphatic heterocycles. The number of rotatable bonds is 4. The molecule has 1 aromatic carbocycles. The highest BCUT2D eigenvalue weighted by atomic mass is 16.5. The molecule has 88 valence electrons. The number of hydroxylamine groups is 2. The molecule has 0 fully saturated rings. The molecular formula is C12H13N3O2. The van der Waals surface area contributed by atoms with Crippen molar-refractivity contribution < 1.29 is 10.0 Å². The molecule has 2 rings (SSSR count). The maximum absolute atomic E-state index is 10.6. The van der Waals surface area contributed by atoms with Gasteiger partial charge in [-0.1, -0.05) is 18.2 Å². The third-order valence-corrected chi connectivity index (χ3v) is 2.43. The fourth-order valence-corrected chi connectivity index (χ4v) is 1.59. The predicted octanol–water partition coefficient (Wildman–Crippen LogP) is 1.31. The van der Waals surface area contributed by atoms with E-state index < -0.39 is 5.91 Å². The molecule has 0 unspecified atom stereocenters. The maximum Gasteiger partial charge on any atom is 0.219 e. The van der Waals surface area contributed by atoms with Crippen molar-refractivity contribution in [3.05, 3.63) is 36.0 Å². The van der Waals surface area contributed by atoms with Gasteiger partial charge in [-0.2, -0.15) is 0 Å². The van der Waals surface area contributed by atoms with Crippen LogP contribution in [-0.2, 0) is 4.79 Å². The fourth-order valence-electron chi connectivity index (χ4n) is 1.59. The normalized spacial score (nSPS) is 15.0. The highest BCUT2D eigenvalue weighted by molar-refractivity contribution is 6.16. The van der Waals surface area contributed by atoms with Crippen molar-refractivity contribution in [1.29, 1.82) is 0 Å². The summed E-state index contributed by atoms with van der Waals surface area (Å²) in [5, 5.41) is 10.5. The lowest BCUT2D eigenvalue weighted by atomic mass is 10.1. The Labute approximate surface area is 98.8 Å². The molecule has 1 heterocycles. The van der Waals surface area contributed by atoms with Crippen molar-refractivity contribution in [2.75, 3.05) is 6.54 Å². The Kier molecular flexibility index (Phi) is 3.20. The largest absolute Gasteiger partial charge is 0.370 e. The van der Waals surface area contributed by atoms with Gasteiger partial charge in [-0.3, -0.25) is 20.1 Å². The molecule has 1 amide bonds. The van der Waals surface area contributed by atoms with Gasteiger partial charge >= 0.3 is 0 Å². The van der Waals surface area contributed by atoms with Gasteiger partial charge in [-0.25, -0.2) is 0 Å². The molecule has 0 bridgehead atoms. The fraction of sp³-hybridized carbons (Fsp3) is 0.167. The van der Waals surface area contributed by atoms with Crippen LogP contribution in [0.2, 0.25) is 0 Å². The topological polar surface area (TPSA) is 78.9 Å². The van der Waals surface area contributed by atoms with Crippen LogP contribution in [0.4, 0.5) is 5.69 Å². The molecular weight excluding hydrogens is 218 g/mol. The van der Waals surface area contributed by atoms with Crippen molar-refractivity contribution in [1.82, 2.24) is 5.06 Å². The molecule has 3 N–H and O–H groups in total. The third-order valence-electron chi connectivity index (χ3n) is 2.43. The van der Waals surface area contributed by atoms with Gasteiger partial charge in [0.15, 0.2) is 0 Å². The zero-order chi connectivity index (χ0) is 12.3. The summed E-state index contributed by atoms with van der Waals surface area (Å²) in [7, 11) is 0. The van der Waals surface area contributed by atoms with Crippen LogP contribution in [0, 0.1) is 0 Å². The minimum atomic E-state index is -0.442. The second-order valence-electron chi connectivity index (χ2n) is 3.74. The number of para-hydroxylation sites is 1. The van der Waals surface area contributed by atoms with Gasteiger partial charge in [0.25, 0.3) is 0 Å². The van der Waals surface area contributed by atoms with E-state index in [0.717, 1.165) is 21.9 Å². The third kappa shape index (κ3) is 2.70. The number of nitrogens with zero attached hydrogens (tertiary/aromatic N) is 2. The van der Waals surface area contributed by atoms with Crippen LogP contribution < -0.4 is 5.73 Å². The Hall–Kier alpha value is -2.14. The SMILES string of the molecule is NC(=O)CCN(O)/C=C1\C=Nc2ccccc21. The lowest BCUT2D eigenvalue weighted by molar-refractivity contribution is -0.120. The van der Waals surface area contributed by atoms with Crippen molar-refractivity contribution >= 4 is 23.4 Å². The van der Waals surface area contributed by atoms with Crippen LogP contribution in [0.15, 0.2) is 35.5 Å². The van der Waals surface area contributed by atoms with E-state index >= 15 is 0 Å². The number of nitrogens with two attached hydrogens (primary N) is 1. The number of hydrogen-bond donors (Lipinski definition) is 2. The summed E-state index contributed by atoms with van der Waals surface area (Å²) in [6.07, 6.45) is 3.33. The van der Waals surface area contributed by atoms with Gasteiger partial charge in [-0.05, 0) is 6.07 Å². The number of aliphatic imine (C=N–C) groups is 1. The highest BCUT2D eigenvalue weighted by Gasteiger charge is 2.11. The van der Waals surface area contributed by atoms with E-state index in [0.29, 0.717) is 0 Å². The monoisotopic (exact) mass is 231 g/mol. The molecule has 17 heavy (non-hydrogen) atoms. The Morgan fingerprint density at radius 1 is 1.47 bits per heavy atom. The van der Waals surface area contributed by atoms with Gasteiger partial charge in [0.1, 0.15) is 0 Å². The molecule has 0 radical (unpaired) electrons. The molecule has 0 aliphatic carbocycles. The Morgan fingerprint density at radius 2 is 2.24 bits per heavy atom. The van der Waals surface area contributed by atoms with E-state index in [1.807, 2.05) is 24.3 Å². The minimum Gasteiger partial charge on any atom is -0.370 e. The van der Waals surface area contributed by atoms with Crippen molar-refractivity contribution in [3.8, 4) is 0 Å². The van der Waals surface area contributed by atoms with E-state index in [4.69, 9.17) is 5.73 Å². The summed E-state index contributed by atoms with van der Waals surface area (Å²) in [5.74, 6) is -0.442. The molecule has 5 nitrogen and oxygen atoms in total. The van der Waals surface area contributed by atoms with Crippen LogP contribution in [0.3, 0.4) is 0 Å². The van der Waals surface area contributed by atoms with Crippen LogP contribution in [0.25, 0.3) is 5.57 Å². The number of hydrogen-bond acceptors (Lipinski definition) is 4. The number of allylic oxidation sites excluding steroid dienone is 1. The number of benzene rings is 1. The molecule has 1 aromatic rings. The number of fused-ring (bicyclic) bond motifs is 1. The summed E-state index contributed by atoms with van der Waals surface area (Å²) >= 11 is 0. The quantitative estimate of drug-likeness (QED) is 0.767. The van der Waals surface area contributed by atoms with E-state index in [2.05, 4.69) is 4.99 Å². The molecule has 0 atom stereocenters. The van der Waals surface area contributed by atoms with Crippen LogP contribution in [0.5, 0.6) is 0 Å². The smallest absolute Gasteiger partial charge is 0.219 e. The average molecular weight is 231 g/mol. The van der Waals surface area contributed by atoms with Crippen LogP contribution >= 0.6 is 0 Å². The first kappa shape index (κ1) is 11.3. The van der Waals surface area contributed by atoms with Crippen molar-refractivity contribution in [2.24, 2.45) is 10.7 Å². The standard InChI is InChI=1S/C12H13N3O2/c13-12(16)5-6-15(17)8-9-7-14-11-4-2-1-3-10(9)11/h1-4,7-8,17H,5-6H2,(H2,13,16)/b9-8+. The average Bonchev–Trinajstić information content (AvgIpc) is 2.70. The first-order valence-electron chi connectivity index (χ1n) is 5.26. The number of carbonyl (C=O) groups is 1. The first-order valence-corrected chi connectivity index (χ1v) is 5.26. The second-order valence-corrected chi connectivity index (χ2v) is 3.74. The van der Waals surface area contributed by atoms with Gasteiger partial charge in [0.2, 0.25) is 5.91 Å². The predicted molar refractivity (Wildman–Crippen MR) is 64.9 cm³/mol. The number of amides is 1. The van der Waals surface area contributed by atoms with Gasteiger partial charge in [0, 0.05) is 30.0 Å². The van der Waals surface area contributed by atoms with E-state index in [1.54, 1.807) is 6.21 Å². The Balaban J connectivity index is 2.09. The molecule has 1 aliphatic rings. The Bertz CT molecular complexity index is 494. The van der Waals surface area contributed by atoms with Gasteiger partial charge < -0.3 is 5.73 Å². The number of primary amides is 1. The minimum absolute atomic E-state index is 0.110. The lowest BCUT2D eigenvalue weighted by Gasteiger charge is -2.11. The molecule has 0 saturated carbocycles.